The molecule has 0 aromatic carbocycles. The van der Waals surface area contributed by atoms with Crippen molar-refractivity contribution >= 4 is 17.5 Å². The van der Waals surface area contributed by atoms with Crippen molar-refractivity contribution in [2.75, 3.05) is 13.2 Å². The third-order valence-electron chi connectivity index (χ3n) is 3.86. The van der Waals surface area contributed by atoms with Gasteiger partial charge in [0.1, 0.15) is 11.6 Å². The lowest BCUT2D eigenvalue weighted by atomic mass is 9.85. The number of pyridine rings is 1. The molecule has 1 aromatic heterocycles. The van der Waals surface area contributed by atoms with Gasteiger partial charge in [-0.1, -0.05) is 18.0 Å². The molecule has 1 amide bonds. The highest BCUT2D eigenvalue weighted by atomic mass is 35.5. The Morgan fingerprint density at radius 2 is 2.21 bits per heavy atom. The van der Waals surface area contributed by atoms with Crippen molar-refractivity contribution in [2.24, 2.45) is 11.7 Å². The Morgan fingerprint density at radius 3 is 2.83 bits per heavy atom. The summed E-state index contributed by atoms with van der Waals surface area (Å²) in [6, 6.07) is 0.812. The van der Waals surface area contributed by atoms with Gasteiger partial charge in [0, 0.05) is 18.2 Å². The van der Waals surface area contributed by atoms with Crippen LogP contribution in [0.5, 0.6) is 5.88 Å². The second-order valence-electron chi connectivity index (χ2n) is 5.77. The molecule has 0 saturated heterocycles. The summed E-state index contributed by atoms with van der Waals surface area (Å²) in [6.07, 6.45) is -0.509. The van der Waals surface area contributed by atoms with Crippen LogP contribution < -0.4 is 15.8 Å². The number of hydrogen-bond acceptors (Lipinski definition) is 4. The summed E-state index contributed by atoms with van der Waals surface area (Å²) in [6.45, 7) is 0.270. The molecule has 3 N–H and O–H groups in total. The standard InChI is InChI=1S/C15H19ClF3N3O2/c16-12-7-10(15(17,18)19)8-22-14(12)24-5-4-21-13(23)9-2-1-3-11(20)6-9/h7-9,11H,1-6,20H2,(H,21,23). The van der Waals surface area contributed by atoms with E-state index in [1.165, 1.54) is 0 Å². The van der Waals surface area contributed by atoms with E-state index in [9.17, 15) is 18.0 Å². The van der Waals surface area contributed by atoms with E-state index in [0.29, 0.717) is 12.6 Å². The number of hydrogen-bond donors (Lipinski definition) is 2. The number of carbonyl (C=O) groups excluding carboxylic acids is 1. The molecule has 1 aliphatic rings. The number of ether oxygens (including phenoxy) is 1. The first-order chi connectivity index (χ1) is 11.3. The van der Waals surface area contributed by atoms with Crippen molar-refractivity contribution in [3.63, 3.8) is 0 Å². The number of aromatic nitrogens is 1. The number of nitrogens with zero attached hydrogens (tertiary/aromatic N) is 1. The zero-order valence-electron chi connectivity index (χ0n) is 12.9. The summed E-state index contributed by atoms with van der Waals surface area (Å²) in [5.41, 5.74) is 4.90. The molecule has 9 heteroatoms. The molecule has 24 heavy (non-hydrogen) atoms. The molecule has 1 fully saturated rings. The number of nitrogens with two attached hydrogens (primary N) is 1. The molecule has 1 aromatic rings. The minimum atomic E-state index is -4.51. The first kappa shape index (κ1) is 18.8. The van der Waals surface area contributed by atoms with Crippen LogP contribution in [0.25, 0.3) is 0 Å². The minimum absolute atomic E-state index is 0.0564. The number of halogens is 4. The van der Waals surface area contributed by atoms with Crippen molar-refractivity contribution in [1.29, 1.82) is 0 Å². The average molecular weight is 366 g/mol. The van der Waals surface area contributed by atoms with Gasteiger partial charge in [-0.3, -0.25) is 4.79 Å². The van der Waals surface area contributed by atoms with E-state index in [4.69, 9.17) is 22.1 Å². The normalized spacial score (nSPS) is 21.4. The molecule has 134 valence electrons. The lowest BCUT2D eigenvalue weighted by Gasteiger charge is -2.25. The second-order valence-corrected chi connectivity index (χ2v) is 6.18. The summed E-state index contributed by atoms with van der Waals surface area (Å²) in [4.78, 5) is 15.5. The Hall–Kier alpha value is -1.54. The van der Waals surface area contributed by atoms with Crippen molar-refractivity contribution < 1.29 is 22.7 Å². The molecule has 5 nitrogen and oxygen atoms in total. The predicted octanol–water partition coefficient (Wildman–Crippen LogP) is 2.77. The van der Waals surface area contributed by atoms with Gasteiger partial charge >= 0.3 is 6.18 Å². The number of carbonyl (C=O) groups is 1. The van der Waals surface area contributed by atoms with Crippen LogP contribution in [0.2, 0.25) is 5.02 Å². The fraction of sp³-hybridized carbons (Fsp3) is 0.600. The van der Waals surface area contributed by atoms with Crippen LogP contribution in [0.15, 0.2) is 12.3 Å². The fourth-order valence-corrected chi connectivity index (χ4v) is 2.84. The number of alkyl halides is 3. The van der Waals surface area contributed by atoms with Gasteiger partial charge < -0.3 is 15.8 Å². The summed E-state index contributed by atoms with van der Waals surface area (Å²) < 4.78 is 42.7. The molecule has 1 saturated carbocycles. The van der Waals surface area contributed by atoms with Crippen molar-refractivity contribution in [1.82, 2.24) is 10.3 Å². The van der Waals surface area contributed by atoms with Gasteiger partial charge in [-0.2, -0.15) is 13.2 Å². The Kier molecular flexibility index (Phi) is 6.28. The van der Waals surface area contributed by atoms with Crippen LogP contribution in [0, 0.1) is 5.92 Å². The summed E-state index contributed by atoms with van der Waals surface area (Å²) in [5.74, 6) is -0.277. The number of amides is 1. The average Bonchev–Trinajstić information content (AvgIpc) is 2.51. The Bertz CT molecular complexity index is 584. The van der Waals surface area contributed by atoms with E-state index >= 15 is 0 Å². The second kappa shape index (κ2) is 8.02. The minimum Gasteiger partial charge on any atom is -0.475 e. The van der Waals surface area contributed by atoms with Gasteiger partial charge in [-0.05, 0) is 25.3 Å². The SMILES string of the molecule is NC1CCCC(C(=O)NCCOc2ncc(C(F)(F)F)cc2Cl)C1. The van der Waals surface area contributed by atoms with Crippen LogP contribution >= 0.6 is 11.6 Å². The van der Waals surface area contributed by atoms with Crippen LogP contribution in [0.3, 0.4) is 0 Å². The Morgan fingerprint density at radius 1 is 1.46 bits per heavy atom. The molecule has 1 aliphatic carbocycles. The van der Waals surface area contributed by atoms with Gasteiger partial charge in [0.2, 0.25) is 11.8 Å². The van der Waals surface area contributed by atoms with Gasteiger partial charge in [-0.25, -0.2) is 4.98 Å². The van der Waals surface area contributed by atoms with E-state index < -0.39 is 11.7 Å². The molecule has 2 atom stereocenters. The molecular weight excluding hydrogens is 347 g/mol. The van der Waals surface area contributed by atoms with Gasteiger partial charge in [0.05, 0.1) is 12.1 Å². The third-order valence-corrected chi connectivity index (χ3v) is 4.13. The van der Waals surface area contributed by atoms with Crippen molar-refractivity contribution in [3.8, 4) is 5.88 Å². The lowest BCUT2D eigenvalue weighted by Crippen LogP contribution is -2.39. The van der Waals surface area contributed by atoms with Crippen LogP contribution in [0.1, 0.15) is 31.2 Å². The monoisotopic (exact) mass is 365 g/mol. The first-order valence-electron chi connectivity index (χ1n) is 7.66. The van der Waals surface area contributed by atoms with Crippen molar-refractivity contribution in [3.05, 3.63) is 22.8 Å². The number of nitrogens with one attached hydrogen (secondary N) is 1. The van der Waals surface area contributed by atoms with Gasteiger partial charge in [0.25, 0.3) is 0 Å². The third kappa shape index (κ3) is 5.24. The van der Waals surface area contributed by atoms with E-state index in [-0.39, 0.29) is 41.9 Å². The quantitative estimate of drug-likeness (QED) is 0.787. The predicted molar refractivity (Wildman–Crippen MR) is 82.7 cm³/mol. The van der Waals surface area contributed by atoms with Crippen molar-refractivity contribution in [2.45, 2.75) is 37.9 Å². The smallest absolute Gasteiger partial charge is 0.417 e. The molecule has 0 radical (unpaired) electrons. The molecular formula is C15H19ClF3N3O2. The zero-order chi connectivity index (χ0) is 17.7. The van der Waals surface area contributed by atoms with Crippen LogP contribution in [-0.2, 0) is 11.0 Å². The van der Waals surface area contributed by atoms with E-state index in [2.05, 4.69) is 10.3 Å². The molecule has 2 unspecified atom stereocenters. The van der Waals surface area contributed by atoms with E-state index in [0.717, 1.165) is 25.3 Å². The van der Waals surface area contributed by atoms with Gasteiger partial charge in [0.15, 0.2) is 0 Å². The number of rotatable bonds is 5. The maximum atomic E-state index is 12.5. The maximum absolute atomic E-state index is 12.5. The fourth-order valence-electron chi connectivity index (χ4n) is 2.62. The zero-order valence-corrected chi connectivity index (χ0v) is 13.7. The van der Waals surface area contributed by atoms with Crippen LogP contribution in [-0.4, -0.2) is 30.1 Å². The molecule has 0 aliphatic heterocycles. The molecule has 1 heterocycles. The highest BCUT2D eigenvalue weighted by molar-refractivity contribution is 6.31. The summed E-state index contributed by atoms with van der Waals surface area (Å²) in [5, 5.41) is 2.50. The largest absolute Gasteiger partial charge is 0.475 e. The molecule has 0 spiro atoms. The van der Waals surface area contributed by atoms with E-state index in [1.807, 2.05) is 0 Å². The van der Waals surface area contributed by atoms with Gasteiger partial charge in [-0.15, -0.1) is 0 Å². The highest BCUT2D eigenvalue weighted by Crippen LogP contribution is 2.33. The Labute approximate surface area is 142 Å². The first-order valence-corrected chi connectivity index (χ1v) is 8.04. The van der Waals surface area contributed by atoms with Crippen LogP contribution in [0.4, 0.5) is 13.2 Å². The van der Waals surface area contributed by atoms with E-state index in [1.54, 1.807) is 0 Å². The molecule has 0 bridgehead atoms. The topological polar surface area (TPSA) is 77.2 Å². The highest BCUT2D eigenvalue weighted by Gasteiger charge is 2.31. The lowest BCUT2D eigenvalue weighted by molar-refractivity contribution is -0.137. The summed E-state index contributed by atoms with van der Waals surface area (Å²) in [7, 11) is 0. The maximum Gasteiger partial charge on any atom is 0.417 e. The Balaban J connectivity index is 1.77. The summed E-state index contributed by atoms with van der Waals surface area (Å²) >= 11 is 5.73. The molecule has 2 rings (SSSR count).